The van der Waals surface area contributed by atoms with Crippen molar-refractivity contribution >= 4 is 28.9 Å². The normalized spacial score (nSPS) is 10.2. The number of ether oxygens (including phenoxy) is 1. The Hall–Kier alpha value is -2.89. The number of hydrogen-bond acceptors (Lipinski definition) is 5. The third kappa shape index (κ3) is 6.63. The first-order valence-electron chi connectivity index (χ1n) is 8.32. The Morgan fingerprint density at radius 1 is 1.08 bits per heavy atom. The van der Waals surface area contributed by atoms with Gasteiger partial charge in [-0.2, -0.15) is 0 Å². The van der Waals surface area contributed by atoms with Gasteiger partial charge in [0.1, 0.15) is 17.4 Å². The van der Waals surface area contributed by atoms with Crippen LogP contribution in [-0.4, -0.2) is 23.3 Å². The zero-order chi connectivity index (χ0) is 18.1. The number of ketones is 1. The van der Waals surface area contributed by atoms with Crippen molar-refractivity contribution < 1.29 is 14.3 Å². The summed E-state index contributed by atoms with van der Waals surface area (Å²) in [5.41, 5.74) is 1.44. The summed E-state index contributed by atoms with van der Waals surface area (Å²) in [6.45, 7) is 4.23. The molecule has 1 aromatic carbocycles. The van der Waals surface area contributed by atoms with Crippen LogP contribution < -0.4 is 15.4 Å². The molecule has 2 rings (SSSR count). The molecule has 1 amide bonds. The zero-order valence-electron chi connectivity index (χ0n) is 14.5. The van der Waals surface area contributed by atoms with Crippen LogP contribution in [0.3, 0.4) is 0 Å². The average Bonchev–Trinajstić information content (AvgIpc) is 2.58. The van der Waals surface area contributed by atoms with Crippen LogP contribution in [0.5, 0.6) is 5.75 Å². The van der Waals surface area contributed by atoms with Crippen molar-refractivity contribution in [1.29, 1.82) is 0 Å². The van der Waals surface area contributed by atoms with Crippen molar-refractivity contribution in [1.82, 2.24) is 4.98 Å². The summed E-state index contributed by atoms with van der Waals surface area (Å²) in [5.74, 6) is 0.985. The van der Waals surface area contributed by atoms with Crippen molar-refractivity contribution in [3.05, 3.63) is 42.6 Å². The highest BCUT2D eigenvalue weighted by atomic mass is 16.5. The average molecular weight is 341 g/mol. The van der Waals surface area contributed by atoms with Crippen molar-refractivity contribution in [3.8, 4) is 5.75 Å². The lowest BCUT2D eigenvalue weighted by atomic mass is 10.3. The Bertz CT molecular complexity index is 697. The predicted octanol–water partition coefficient (Wildman–Crippen LogP) is 3.92. The summed E-state index contributed by atoms with van der Waals surface area (Å²) in [4.78, 5) is 26.7. The summed E-state index contributed by atoms with van der Waals surface area (Å²) in [5, 5.41) is 5.81. The molecule has 0 radical (unpaired) electrons. The number of anilines is 3. The number of nitrogens with zero attached hydrogens (tertiary/aromatic N) is 1. The Morgan fingerprint density at radius 2 is 1.80 bits per heavy atom. The molecule has 0 fully saturated rings. The van der Waals surface area contributed by atoms with Gasteiger partial charge in [0, 0.05) is 5.69 Å². The molecule has 0 spiro atoms. The van der Waals surface area contributed by atoms with Gasteiger partial charge < -0.3 is 15.4 Å². The minimum Gasteiger partial charge on any atom is -0.494 e. The lowest BCUT2D eigenvalue weighted by Crippen LogP contribution is -2.14. The number of amides is 1. The molecule has 1 aromatic heterocycles. The zero-order valence-corrected chi connectivity index (χ0v) is 14.5. The molecule has 0 bridgehead atoms. The number of hydrogen-bond donors (Lipinski definition) is 2. The molecule has 0 aliphatic heterocycles. The van der Waals surface area contributed by atoms with Gasteiger partial charge in [-0.25, -0.2) is 4.98 Å². The summed E-state index contributed by atoms with van der Waals surface area (Å²) in [6, 6.07) is 11.2. The highest BCUT2D eigenvalue weighted by Crippen LogP contribution is 2.20. The second kappa shape index (κ2) is 9.42. The van der Waals surface area contributed by atoms with Crippen LogP contribution in [0.15, 0.2) is 42.6 Å². The first-order chi connectivity index (χ1) is 12.1. The maximum atomic E-state index is 11.5. The van der Waals surface area contributed by atoms with Crippen LogP contribution >= 0.6 is 0 Å². The van der Waals surface area contributed by atoms with Gasteiger partial charge in [0.25, 0.3) is 0 Å². The Balaban J connectivity index is 1.88. The Morgan fingerprint density at radius 3 is 2.40 bits per heavy atom. The van der Waals surface area contributed by atoms with Crippen LogP contribution in [0.2, 0.25) is 0 Å². The number of carbonyl (C=O) groups excluding carboxylic acids is 2. The molecule has 0 aliphatic carbocycles. The number of pyridine rings is 1. The van der Waals surface area contributed by atoms with E-state index in [1.165, 1.54) is 6.92 Å². The van der Waals surface area contributed by atoms with Crippen molar-refractivity contribution in [2.45, 2.75) is 33.1 Å². The molecular formula is C19H23N3O3. The lowest BCUT2D eigenvalue weighted by molar-refractivity contribution is -0.124. The summed E-state index contributed by atoms with van der Waals surface area (Å²) >= 11 is 0. The fourth-order valence-electron chi connectivity index (χ4n) is 2.09. The van der Waals surface area contributed by atoms with Gasteiger partial charge in [0.05, 0.1) is 24.9 Å². The first-order valence-corrected chi connectivity index (χ1v) is 8.32. The van der Waals surface area contributed by atoms with E-state index in [-0.39, 0.29) is 18.1 Å². The van der Waals surface area contributed by atoms with E-state index in [0.717, 1.165) is 30.9 Å². The van der Waals surface area contributed by atoms with Gasteiger partial charge in [-0.15, -0.1) is 0 Å². The standard InChI is InChI=1S/C19H23N3O3/c1-3-4-11-25-17-8-5-15(6-9-17)21-18-10-7-16(13-20-18)22-19(24)12-14(2)23/h5-10,13H,3-4,11-12H2,1-2H3,(H,20,21)(H,22,24). The van der Waals surface area contributed by atoms with Gasteiger partial charge in [-0.1, -0.05) is 13.3 Å². The molecule has 2 N–H and O–H groups in total. The van der Waals surface area contributed by atoms with Gasteiger partial charge in [0.2, 0.25) is 5.91 Å². The van der Waals surface area contributed by atoms with Gasteiger partial charge in [-0.05, 0) is 49.7 Å². The number of rotatable bonds is 9. The van der Waals surface area contributed by atoms with Gasteiger partial charge in [0.15, 0.2) is 0 Å². The van der Waals surface area contributed by atoms with Crippen LogP contribution in [0.4, 0.5) is 17.2 Å². The number of unbranched alkanes of at least 4 members (excludes halogenated alkanes) is 1. The number of carbonyl (C=O) groups is 2. The third-order valence-electron chi connectivity index (χ3n) is 3.35. The fourth-order valence-corrected chi connectivity index (χ4v) is 2.09. The SMILES string of the molecule is CCCCOc1ccc(Nc2ccc(NC(=O)CC(C)=O)cn2)cc1. The molecule has 6 nitrogen and oxygen atoms in total. The van der Waals surface area contributed by atoms with E-state index in [0.29, 0.717) is 11.5 Å². The monoisotopic (exact) mass is 341 g/mol. The molecular weight excluding hydrogens is 318 g/mol. The van der Waals surface area contributed by atoms with Crippen LogP contribution in [-0.2, 0) is 9.59 Å². The van der Waals surface area contributed by atoms with Crippen LogP contribution in [0, 0.1) is 0 Å². The molecule has 1 heterocycles. The smallest absolute Gasteiger partial charge is 0.231 e. The Labute approximate surface area is 147 Å². The molecule has 6 heteroatoms. The van der Waals surface area contributed by atoms with E-state index in [9.17, 15) is 9.59 Å². The summed E-state index contributed by atoms with van der Waals surface area (Å²) in [6.07, 6.45) is 3.56. The second-order valence-corrected chi connectivity index (χ2v) is 5.71. The van der Waals surface area contributed by atoms with E-state index in [1.807, 2.05) is 24.3 Å². The lowest BCUT2D eigenvalue weighted by Gasteiger charge is -2.09. The van der Waals surface area contributed by atoms with Gasteiger partial charge in [-0.3, -0.25) is 9.59 Å². The molecule has 2 aromatic rings. The number of benzene rings is 1. The van der Waals surface area contributed by atoms with E-state index in [1.54, 1.807) is 18.3 Å². The number of nitrogens with one attached hydrogen (secondary N) is 2. The molecule has 0 unspecified atom stereocenters. The van der Waals surface area contributed by atoms with Crippen LogP contribution in [0.1, 0.15) is 33.1 Å². The molecule has 0 aliphatic rings. The van der Waals surface area contributed by atoms with Crippen LogP contribution in [0.25, 0.3) is 0 Å². The number of aromatic nitrogens is 1. The molecule has 0 saturated carbocycles. The maximum absolute atomic E-state index is 11.5. The Kier molecular flexibility index (Phi) is 6.95. The summed E-state index contributed by atoms with van der Waals surface area (Å²) < 4.78 is 5.62. The highest BCUT2D eigenvalue weighted by molar-refractivity contribution is 6.03. The van der Waals surface area contributed by atoms with Crippen molar-refractivity contribution in [2.24, 2.45) is 0 Å². The van der Waals surface area contributed by atoms with E-state index in [2.05, 4.69) is 22.5 Å². The van der Waals surface area contributed by atoms with Crippen molar-refractivity contribution in [2.75, 3.05) is 17.2 Å². The topological polar surface area (TPSA) is 80.3 Å². The van der Waals surface area contributed by atoms with E-state index in [4.69, 9.17) is 4.74 Å². The van der Waals surface area contributed by atoms with E-state index >= 15 is 0 Å². The minimum absolute atomic E-state index is 0.132. The first kappa shape index (κ1) is 18.4. The number of Topliss-reactive ketones (excluding diaryl/α,β-unsaturated/α-hetero) is 1. The molecule has 0 saturated heterocycles. The van der Waals surface area contributed by atoms with E-state index < -0.39 is 0 Å². The maximum Gasteiger partial charge on any atom is 0.231 e. The predicted molar refractivity (Wildman–Crippen MR) is 98.3 cm³/mol. The fraction of sp³-hybridized carbons (Fsp3) is 0.316. The molecule has 132 valence electrons. The third-order valence-corrected chi connectivity index (χ3v) is 3.35. The van der Waals surface area contributed by atoms with Crippen molar-refractivity contribution in [3.63, 3.8) is 0 Å². The highest BCUT2D eigenvalue weighted by Gasteiger charge is 2.06. The molecule has 0 atom stereocenters. The quantitative estimate of drug-likeness (QED) is 0.534. The van der Waals surface area contributed by atoms with Gasteiger partial charge >= 0.3 is 0 Å². The molecule has 25 heavy (non-hydrogen) atoms. The second-order valence-electron chi connectivity index (χ2n) is 5.71. The summed E-state index contributed by atoms with van der Waals surface area (Å²) in [7, 11) is 0. The largest absolute Gasteiger partial charge is 0.494 e. The minimum atomic E-state index is -0.339.